The average Bonchev–Trinajstić information content (AvgIpc) is 3.83. The topological polar surface area (TPSA) is 118 Å². The van der Waals surface area contributed by atoms with Crippen LogP contribution in [0, 0.1) is 39.9 Å². The second kappa shape index (κ2) is 13.5. The number of thioether (sulfide) groups is 1. The third-order valence-electron chi connectivity index (χ3n) is 13.3. The summed E-state index contributed by atoms with van der Waals surface area (Å²) in [7, 11) is 2.12. The largest absolute Gasteiger partial charge is 0.461 e. The lowest BCUT2D eigenvalue weighted by molar-refractivity contribution is -0.214. The molecule has 5 aliphatic rings. The fraction of sp³-hybridized carbons (Fsp3) is 0.757. The molecule has 0 spiro atoms. The molecule has 0 aromatic heterocycles. The van der Waals surface area contributed by atoms with Crippen molar-refractivity contribution in [3.8, 4) is 0 Å². The predicted molar refractivity (Wildman–Crippen MR) is 181 cm³/mol. The summed E-state index contributed by atoms with van der Waals surface area (Å²) < 4.78 is 52.7. The molecule has 3 saturated carbocycles. The zero-order valence-electron chi connectivity index (χ0n) is 29.6. The van der Waals surface area contributed by atoms with Crippen LogP contribution in [0.15, 0.2) is 34.5 Å². The number of Topliss-reactive ketones (excluding diaryl/α,β-unsaturated/α-hetero) is 1. The number of ketones is 1. The number of alkyl halides is 3. The van der Waals surface area contributed by atoms with E-state index in [4.69, 9.17) is 9.47 Å². The van der Waals surface area contributed by atoms with Gasteiger partial charge in [0, 0.05) is 28.7 Å². The zero-order valence-corrected chi connectivity index (χ0v) is 30.4. The van der Waals surface area contributed by atoms with Crippen LogP contribution in [0.25, 0.3) is 0 Å². The van der Waals surface area contributed by atoms with Crippen molar-refractivity contribution in [2.75, 3.05) is 38.2 Å². The summed E-state index contributed by atoms with van der Waals surface area (Å²) in [5.74, 6) is 0.0492. The summed E-state index contributed by atoms with van der Waals surface area (Å²) >= 11 is 1.58. The van der Waals surface area contributed by atoms with Crippen molar-refractivity contribution in [2.45, 2.75) is 96.7 Å². The Labute approximate surface area is 296 Å². The molecule has 2 heterocycles. The number of benzene rings is 1. The Kier molecular flexibility index (Phi) is 10.0. The number of ether oxygens (including phenoxy) is 2. The van der Waals surface area contributed by atoms with Crippen LogP contribution in [0.5, 0.6) is 0 Å². The lowest BCUT2D eigenvalue weighted by Gasteiger charge is -2.62. The number of carbonyl (C=O) groups is 3. The van der Waals surface area contributed by atoms with E-state index in [-0.39, 0.29) is 59.4 Å². The number of halogens is 3. The van der Waals surface area contributed by atoms with Crippen LogP contribution >= 0.6 is 11.8 Å². The number of aliphatic hydroxyl groups excluding tert-OH is 1. The molecule has 4 fully saturated rings. The Bertz CT molecular complexity index is 1490. The maximum Gasteiger partial charge on any atom is 0.442 e. The minimum absolute atomic E-state index is 0.0471. The van der Waals surface area contributed by atoms with Gasteiger partial charge < -0.3 is 19.5 Å². The SMILES string of the molecule is C[C@@H]1CC[C@@]23CCC(=O)[C@H]2[C@]1(C)[C@H](OC(=O)CSCC1CCN(C)CC1)C[C@@](C)(COC(=O)c1ccc(C2(C(F)(F)F)N=N2)cc1)[C@@H](O)[C@@H]3C. The molecule has 1 N–H and O–H groups in total. The molecule has 9 nitrogen and oxygen atoms in total. The highest BCUT2D eigenvalue weighted by Gasteiger charge is 2.69. The van der Waals surface area contributed by atoms with Gasteiger partial charge in [0.1, 0.15) is 11.9 Å². The summed E-state index contributed by atoms with van der Waals surface area (Å²) in [5, 5.41) is 18.6. The highest BCUT2D eigenvalue weighted by Crippen LogP contribution is 2.68. The van der Waals surface area contributed by atoms with Gasteiger partial charge in [0.05, 0.1) is 24.0 Å². The molecular weight excluding hydrogens is 671 g/mol. The van der Waals surface area contributed by atoms with Gasteiger partial charge in [0.25, 0.3) is 0 Å². The van der Waals surface area contributed by atoms with Crippen molar-refractivity contribution in [2.24, 2.45) is 50.1 Å². The van der Waals surface area contributed by atoms with Crippen molar-refractivity contribution >= 4 is 29.5 Å². The summed E-state index contributed by atoms with van der Waals surface area (Å²) in [6, 6.07) is 4.84. The van der Waals surface area contributed by atoms with E-state index < -0.39 is 46.3 Å². The summed E-state index contributed by atoms with van der Waals surface area (Å²) in [4.78, 5) is 43.0. The summed E-state index contributed by atoms with van der Waals surface area (Å²) in [6.45, 7) is 9.90. The van der Waals surface area contributed by atoms with Crippen LogP contribution in [-0.2, 0) is 24.7 Å². The van der Waals surface area contributed by atoms with E-state index in [2.05, 4.69) is 36.0 Å². The number of hydrogen-bond acceptors (Lipinski definition) is 10. The number of carbonyl (C=O) groups excluding carboxylic acids is 3. The van der Waals surface area contributed by atoms with Crippen molar-refractivity contribution in [3.05, 3.63) is 35.4 Å². The highest BCUT2D eigenvalue weighted by atomic mass is 32.2. The van der Waals surface area contributed by atoms with E-state index in [1.165, 1.54) is 24.3 Å². The quantitative estimate of drug-likeness (QED) is 0.276. The number of likely N-dealkylation sites (tertiary alicyclic amines) is 1. The maximum atomic E-state index is 13.8. The number of aliphatic hydroxyl groups is 1. The number of rotatable bonds is 9. The van der Waals surface area contributed by atoms with Gasteiger partial charge in [-0.3, -0.25) is 9.59 Å². The molecule has 0 amide bonds. The molecule has 2 bridgehead atoms. The molecule has 1 saturated heterocycles. The van der Waals surface area contributed by atoms with Gasteiger partial charge in [-0.2, -0.15) is 13.2 Å². The molecule has 3 aliphatic carbocycles. The van der Waals surface area contributed by atoms with Crippen LogP contribution in [0.3, 0.4) is 0 Å². The molecule has 0 unspecified atom stereocenters. The molecule has 0 radical (unpaired) electrons. The van der Waals surface area contributed by atoms with Gasteiger partial charge in [0.15, 0.2) is 0 Å². The summed E-state index contributed by atoms with van der Waals surface area (Å²) in [5.41, 5.74) is -4.98. The Balaban J connectivity index is 1.22. The highest BCUT2D eigenvalue weighted by molar-refractivity contribution is 7.99. The van der Waals surface area contributed by atoms with Gasteiger partial charge in [-0.1, -0.05) is 39.8 Å². The fourth-order valence-corrected chi connectivity index (χ4v) is 10.8. The second-order valence-corrected chi connectivity index (χ2v) is 17.3. The molecule has 13 heteroatoms. The van der Waals surface area contributed by atoms with Gasteiger partial charge in [-0.15, -0.1) is 22.0 Å². The standard InChI is InChI=1S/C37H50F3N3O6S/c1-22-10-14-35-15-11-27(44)30(35)34(22,4)28(49-29(45)20-50-19-24-12-16-43(5)17-13-24)18-33(3,31(46)23(35)2)21-48-32(47)25-6-8-26(9-7-25)36(41-42-36)37(38,39)40/h6-9,22-24,28,30-31,46H,10-21H2,1-5H3/t22-,23+,28-,30+,31+,33+,34+,35+/m1/s1. The van der Waals surface area contributed by atoms with Crippen LogP contribution in [-0.4, -0.2) is 84.4 Å². The number of piperidine rings is 1. The van der Waals surface area contributed by atoms with E-state index in [1.807, 2.05) is 13.8 Å². The molecule has 276 valence electrons. The molecule has 2 aliphatic heterocycles. The maximum absolute atomic E-state index is 13.8. The van der Waals surface area contributed by atoms with Gasteiger partial charge in [0.2, 0.25) is 0 Å². The van der Waals surface area contributed by atoms with Crippen molar-refractivity contribution in [3.63, 3.8) is 0 Å². The Morgan fingerprint density at radius 3 is 2.34 bits per heavy atom. The van der Waals surface area contributed by atoms with Crippen LogP contribution in [0.1, 0.15) is 88.6 Å². The number of nitrogens with zero attached hydrogens (tertiary/aromatic N) is 3. The predicted octanol–water partition coefficient (Wildman–Crippen LogP) is 6.82. The third-order valence-corrected chi connectivity index (χ3v) is 14.5. The van der Waals surface area contributed by atoms with Crippen molar-refractivity contribution in [1.29, 1.82) is 0 Å². The van der Waals surface area contributed by atoms with Gasteiger partial charge in [-0.25, -0.2) is 4.79 Å². The first-order valence-electron chi connectivity index (χ1n) is 17.9. The molecule has 6 rings (SSSR count). The normalized spacial score (nSPS) is 37.1. The monoisotopic (exact) mass is 721 g/mol. The molecular formula is C37H50F3N3O6S. The Morgan fingerprint density at radius 1 is 1.06 bits per heavy atom. The lowest BCUT2D eigenvalue weighted by Crippen LogP contribution is -2.64. The van der Waals surface area contributed by atoms with E-state index >= 15 is 0 Å². The first kappa shape index (κ1) is 37.3. The third kappa shape index (κ3) is 6.41. The van der Waals surface area contributed by atoms with Gasteiger partial charge >= 0.3 is 23.8 Å². The average molecular weight is 722 g/mol. The Morgan fingerprint density at radius 2 is 1.72 bits per heavy atom. The molecule has 8 atom stereocenters. The fourth-order valence-electron chi connectivity index (χ4n) is 9.82. The van der Waals surface area contributed by atoms with Gasteiger partial charge in [-0.05, 0) is 99.7 Å². The van der Waals surface area contributed by atoms with Crippen LogP contribution in [0.4, 0.5) is 13.2 Å². The van der Waals surface area contributed by atoms with E-state index in [1.54, 1.807) is 11.8 Å². The van der Waals surface area contributed by atoms with Crippen LogP contribution in [0.2, 0.25) is 0 Å². The van der Waals surface area contributed by atoms with Crippen LogP contribution < -0.4 is 0 Å². The zero-order chi connectivity index (χ0) is 36.3. The first-order chi connectivity index (χ1) is 23.5. The van der Waals surface area contributed by atoms with Crippen molar-refractivity contribution in [1.82, 2.24) is 4.90 Å². The van der Waals surface area contributed by atoms with Crippen molar-refractivity contribution < 1.29 is 42.1 Å². The van der Waals surface area contributed by atoms with E-state index in [0.29, 0.717) is 18.8 Å². The smallest absolute Gasteiger partial charge is 0.442 e. The number of esters is 2. The second-order valence-electron chi connectivity index (χ2n) is 16.3. The minimum atomic E-state index is -4.69. The number of hydrogen-bond donors (Lipinski definition) is 1. The molecule has 50 heavy (non-hydrogen) atoms. The molecule has 1 aromatic carbocycles. The Hall–Kier alpha value is -2.51. The lowest BCUT2D eigenvalue weighted by atomic mass is 9.44. The molecule has 1 aromatic rings. The summed E-state index contributed by atoms with van der Waals surface area (Å²) in [6.07, 6.45) is -1.36. The van der Waals surface area contributed by atoms with E-state index in [0.717, 1.165) is 44.5 Å². The minimum Gasteiger partial charge on any atom is -0.461 e. The van der Waals surface area contributed by atoms with E-state index in [9.17, 15) is 32.7 Å². The first-order valence-corrected chi connectivity index (χ1v) is 19.1.